The molecule has 1 atom stereocenters. The monoisotopic (exact) mass is 311 g/mol. The molecule has 1 unspecified atom stereocenters. The lowest BCUT2D eigenvalue weighted by Crippen LogP contribution is -2.41. The van der Waals surface area contributed by atoms with Gasteiger partial charge in [0.25, 0.3) is 0 Å². The van der Waals surface area contributed by atoms with Gasteiger partial charge in [0.05, 0.1) is 4.90 Å². The summed E-state index contributed by atoms with van der Waals surface area (Å²) in [7, 11) is -3.52. The summed E-state index contributed by atoms with van der Waals surface area (Å²) in [6, 6.07) is 3.10. The van der Waals surface area contributed by atoms with E-state index in [1.807, 2.05) is 20.8 Å². The lowest BCUT2D eigenvalue weighted by Gasteiger charge is -2.21. The Labute approximate surface area is 127 Å². The number of anilines is 1. The maximum Gasteiger partial charge on any atom is 0.240 e. The van der Waals surface area contributed by atoms with Crippen LogP contribution in [0.4, 0.5) is 5.69 Å². The highest BCUT2D eigenvalue weighted by molar-refractivity contribution is 7.89. The summed E-state index contributed by atoms with van der Waals surface area (Å²) < 4.78 is 27.6. The van der Waals surface area contributed by atoms with Crippen LogP contribution in [-0.4, -0.2) is 39.0 Å². The summed E-state index contributed by atoms with van der Waals surface area (Å²) in [5, 5.41) is 0. The van der Waals surface area contributed by atoms with Crippen LogP contribution in [0.5, 0.6) is 0 Å². The highest BCUT2D eigenvalue weighted by Gasteiger charge is 2.21. The Bertz CT molecular complexity index is 584. The van der Waals surface area contributed by atoms with E-state index in [1.165, 1.54) is 18.9 Å². The highest BCUT2D eigenvalue weighted by Crippen LogP contribution is 2.21. The quantitative estimate of drug-likeness (QED) is 0.811. The van der Waals surface area contributed by atoms with E-state index < -0.39 is 10.0 Å². The number of aryl methyl sites for hydroxylation is 1. The van der Waals surface area contributed by atoms with Gasteiger partial charge in [-0.2, -0.15) is 0 Å². The number of benzene rings is 1. The molecule has 1 aliphatic heterocycles. The molecular formula is C15H25N3O2S. The minimum Gasteiger partial charge on any atom is -0.398 e. The van der Waals surface area contributed by atoms with Gasteiger partial charge in [0.15, 0.2) is 0 Å². The molecule has 1 aromatic rings. The molecule has 1 aliphatic rings. The molecule has 0 radical (unpaired) electrons. The molecule has 21 heavy (non-hydrogen) atoms. The topological polar surface area (TPSA) is 75.4 Å². The van der Waals surface area contributed by atoms with Crippen LogP contribution >= 0.6 is 0 Å². The minimum absolute atomic E-state index is 0.115. The molecule has 2 rings (SSSR count). The third kappa shape index (κ3) is 3.96. The van der Waals surface area contributed by atoms with Gasteiger partial charge in [-0.15, -0.1) is 0 Å². The molecule has 6 heteroatoms. The van der Waals surface area contributed by atoms with E-state index in [-0.39, 0.29) is 10.9 Å². The predicted molar refractivity (Wildman–Crippen MR) is 85.8 cm³/mol. The molecule has 1 aromatic carbocycles. The van der Waals surface area contributed by atoms with Crippen LogP contribution in [0, 0.1) is 13.8 Å². The Hall–Kier alpha value is -1.11. The highest BCUT2D eigenvalue weighted by atomic mass is 32.2. The van der Waals surface area contributed by atoms with Crippen molar-refractivity contribution in [3.63, 3.8) is 0 Å². The minimum atomic E-state index is -3.52. The third-order valence-corrected chi connectivity index (χ3v) is 5.65. The Morgan fingerprint density at radius 3 is 2.48 bits per heavy atom. The van der Waals surface area contributed by atoms with Crippen LogP contribution in [0.1, 0.15) is 30.9 Å². The van der Waals surface area contributed by atoms with Crippen LogP contribution in [0.15, 0.2) is 17.0 Å². The standard InChI is InChI=1S/C15H25N3O2S/c1-11-8-14(9-15(16)13(11)3)21(19,20)17-12(2)10-18-6-4-5-7-18/h8-9,12,17H,4-7,10,16H2,1-3H3. The second-order valence-electron chi connectivity index (χ2n) is 5.98. The summed E-state index contributed by atoms with van der Waals surface area (Å²) in [4.78, 5) is 2.54. The van der Waals surface area contributed by atoms with Gasteiger partial charge in [-0.3, -0.25) is 0 Å². The maximum atomic E-state index is 12.4. The Kier molecular flexibility index (Phi) is 4.91. The fourth-order valence-electron chi connectivity index (χ4n) is 2.73. The van der Waals surface area contributed by atoms with Crippen LogP contribution in [-0.2, 0) is 10.0 Å². The first-order valence-corrected chi connectivity index (χ1v) is 8.89. The Morgan fingerprint density at radius 2 is 1.90 bits per heavy atom. The summed E-state index contributed by atoms with van der Waals surface area (Å²) >= 11 is 0. The van der Waals surface area contributed by atoms with Crippen molar-refractivity contribution in [1.29, 1.82) is 0 Å². The first-order chi connectivity index (χ1) is 9.79. The van der Waals surface area contributed by atoms with Gasteiger partial charge in [-0.1, -0.05) is 0 Å². The number of sulfonamides is 1. The molecule has 0 aliphatic carbocycles. The number of rotatable bonds is 5. The zero-order valence-electron chi connectivity index (χ0n) is 13.0. The number of hydrogen-bond acceptors (Lipinski definition) is 4. The van der Waals surface area contributed by atoms with Crippen molar-refractivity contribution in [1.82, 2.24) is 9.62 Å². The SMILES string of the molecule is Cc1cc(S(=O)(=O)NC(C)CN2CCCC2)cc(N)c1C. The van der Waals surface area contributed by atoms with Gasteiger partial charge in [0.2, 0.25) is 10.0 Å². The number of nitrogen functional groups attached to an aromatic ring is 1. The second kappa shape index (κ2) is 6.34. The first-order valence-electron chi connectivity index (χ1n) is 7.41. The molecular weight excluding hydrogens is 286 g/mol. The summed E-state index contributed by atoms with van der Waals surface area (Å²) in [6.45, 7) is 8.54. The van der Waals surface area contributed by atoms with Crippen LogP contribution < -0.4 is 10.5 Å². The van der Waals surface area contributed by atoms with Gasteiger partial charge in [0, 0.05) is 18.3 Å². The van der Waals surface area contributed by atoms with Gasteiger partial charge >= 0.3 is 0 Å². The van der Waals surface area contributed by atoms with Crippen molar-refractivity contribution in [2.75, 3.05) is 25.4 Å². The summed E-state index contributed by atoms with van der Waals surface area (Å²) in [5.74, 6) is 0. The van der Waals surface area contributed by atoms with Crippen molar-refractivity contribution in [2.24, 2.45) is 0 Å². The van der Waals surface area contributed by atoms with Crippen molar-refractivity contribution in [2.45, 2.75) is 44.6 Å². The molecule has 1 heterocycles. The van der Waals surface area contributed by atoms with Crippen molar-refractivity contribution >= 4 is 15.7 Å². The average molecular weight is 311 g/mol. The molecule has 0 bridgehead atoms. The van der Waals surface area contributed by atoms with Crippen LogP contribution in [0.25, 0.3) is 0 Å². The van der Waals surface area contributed by atoms with E-state index in [9.17, 15) is 8.42 Å². The maximum absolute atomic E-state index is 12.4. The molecule has 0 spiro atoms. The fraction of sp³-hybridized carbons (Fsp3) is 0.600. The molecule has 0 aromatic heterocycles. The zero-order valence-corrected chi connectivity index (χ0v) is 13.8. The van der Waals surface area contributed by atoms with Crippen molar-refractivity contribution in [3.05, 3.63) is 23.3 Å². The van der Waals surface area contributed by atoms with E-state index in [4.69, 9.17) is 5.73 Å². The molecule has 0 saturated carbocycles. The molecule has 1 saturated heterocycles. The van der Waals surface area contributed by atoms with E-state index >= 15 is 0 Å². The van der Waals surface area contributed by atoms with Crippen molar-refractivity contribution < 1.29 is 8.42 Å². The third-order valence-electron chi connectivity index (χ3n) is 4.08. The molecule has 5 nitrogen and oxygen atoms in total. The number of nitrogens with two attached hydrogens (primary N) is 1. The average Bonchev–Trinajstić information content (AvgIpc) is 2.87. The van der Waals surface area contributed by atoms with Gasteiger partial charge < -0.3 is 10.6 Å². The Balaban J connectivity index is 2.10. The fourth-order valence-corrected chi connectivity index (χ4v) is 4.08. The lowest BCUT2D eigenvalue weighted by molar-refractivity contribution is 0.313. The lowest BCUT2D eigenvalue weighted by atomic mass is 10.1. The largest absolute Gasteiger partial charge is 0.398 e. The number of nitrogens with zero attached hydrogens (tertiary/aromatic N) is 1. The van der Waals surface area contributed by atoms with E-state index in [0.29, 0.717) is 5.69 Å². The van der Waals surface area contributed by atoms with E-state index in [1.54, 1.807) is 6.07 Å². The Morgan fingerprint density at radius 1 is 1.29 bits per heavy atom. The van der Waals surface area contributed by atoms with Crippen LogP contribution in [0.2, 0.25) is 0 Å². The second-order valence-corrected chi connectivity index (χ2v) is 7.70. The van der Waals surface area contributed by atoms with Crippen molar-refractivity contribution in [3.8, 4) is 0 Å². The van der Waals surface area contributed by atoms with E-state index in [2.05, 4.69) is 9.62 Å². The molecule has 0 amide bonds. The number of likely N-dealkylation sites (tertiary alicyclic amines) is 1. The molecule has 118 valence electrons. The van der Waals surface area contributed by atoms with Gasteiger partial charge in [0.1, 0.15) is 0 Å². The first kappa shape index (κ1) is 16.3. The number of nitrogens with one attached hydrogen (secondary N) is 1. The zero-order chi connectivity index (χ0) is 15.6. The summed E-state index contributed by atoms with van der Waals surface area (Å²) in [5.41, 5.74) is 8.22. The molecule has 3 N–H and O–H groups in total. The van der Waals surface area contributed by atoms with Gasteiger partial charge in [-0.05, 0) is 70.0 Å². The molecule has 1 fully saturated rings. The van der Waals surface area contributed by atoms with Gasteiger partial charge in [-0.25, -0.2) is 13.1 Å². The predicted octanol–water partition coefficient (Wildman–Crippen LogP) is 1.65. The van der Waals surface area contributed by atoms with Crippen LogP contribution in [0.3, 0.4) is 0 Å². The van der Waals surface area contributed by atoms with E-state index in [0.717, 1.165) is 30.8 Å². The number of hydrogen-bond donors (Lipinski definition) is 2. The summed E-state index contributed by atoms with van der Waals surface area (Å²) in [6.07, 6.45) is 2.40. The normalized spacial score (nSPS) is 18.0. The smallest absolute Gasteiger partial charge is 0.240 e.